The van der Waals surface area contributed by atoms with Crippen LogP contribution < -0.4 is 0 Å². The van der Waals surface area contributed by atoms with Crippen LogP contribution in [0, 0.1) is 0 Å². The lowest BCUT2D eigenvalue weighted by Gasteiger charge is -2.24. The number of nitrogens with zero attached hydrogens (tertiary/aromatic N) is 2. The predicted octanol–water partition coefficient (Wildman–Crippen LogP) is 2.78. The molecule has 0 amide bonds. The van der Waals surface area contributed by atoms with Crippen molar-refractivity contribution in [1.29, 1.82) is 0 Å². The summed E-state index contributed by atoms with van der Waals surface area (Å²) in [6.45, 7) is 1.82. The zero-order chi connectivity index (χ0) is 12.6. The minimum Gasteiger partial charge on any atom is -0.251 e. The molecule has 0 unspecified atom stereocenters. The van der Waals surface area contributed by atoms with Crippen LogP contribution in [0.25, 0.3) is 10.9 Å². The summed E-state index contributed by atoms with van der Waals surface area (Å²) in [5.74, 6) is 0. The molecule has 0 spiro atoms. The Bertz CT molecular complexity index is 582. The Balaban J connectivity index is 1.88. The number of carbonyl (C=O) groups excluding carboxylic acids is 1. The Morgan fingerprint density at radius 1 is 1.22 bits per heavy atom. The summed E-state index contributed by atoms with van der Waals surface area (Å²) < 4.78 is 1.97. The van der Waals surface area contributed by atoms with E-state index in [1.165, 1.54) is 0 Å². The number of hydroxylamine groups is 3. The maximum atomic E-state index is 12.2. The van der Waals surface area contributed by atoms with Crippen molar-refractivity contribution in [3.63, 3.8) is 0 Å². The van der Waals surface area contributed by atoms with Crippen molar-refractivity contribution in [3.05, 3.63) is 36.5 Å². The third kappa shape index (κ3) is 1.88. The highest BCUT2D eigenvalue weighted by Crippen LogP contribution is 2.20. The van der Waals surface area contributed by atoms with E-state index in [0.717, 1.165) is 36.8 Å². The van der Waals surface area contributed by atoms with E-state index in [2.05, 4.69) is 0 Å². The number of benzene rings is 1. The maximum Gasteiger partial charge on any atom is 0.472 e. The molecular weight excluding hydrogens is 228 g/mol. The van der Waals surface area contributed by atoms with Crippen LogP contribution >= 0.6 is 0 Å². The van der Waals surface area contributed by atoms with Crippen molar-refractivity contribution < 1.29 is 14.3 Å². The van der Waals surface area contributed by atoms with Gasteiger partial charge in [-0.25, -0.2) is 9.36 Å². The van der Waals surface area contributed by atoms with Gasteiger partial charge in [0.1, 0.15) is 20.1 Å². The average Bonchev–Trinajstić information content (AvgIpc) is 2.95. The molecule has 4 heteroatoms. The van der Waals surface area contributed by atoms with Crippen molar-refractivity contribution in [3.8, 4) is 0 Å². The molecule has 0 saturated carbocycles. The first-order chi connectivity index (χ1) is 8.68. The molecule has 4 nitrogen and oxygen atoms in total. The Hall–Kier alpha value is -1.81. The van der Waals surface area contributed by atoms with Gasteiger partial charge in [0.2, 0.25) is 0 Å². The monoisotopic (exact) mass is 245 g/mol. The first-order valence-electron chi connectivity index (χ1n) is 6.33. The van der Waals surface area contributed by atoms with Crippen molar-refractivity contribution in [2.75, 3.05) is 20.1 Å². The number of hydrogen-bond acceptors (Lipinski definition) is 2. The highest BCUT2D eigenvalue weighted by atomic mass is 16.8. The van der Waals surface area contributed by atoms with Gasteiger partial charge in [0.25, 0.3) is 0 Å². The van der Waals surface area contributed by atoms with Crippen LogP contribution in [-0.4, -0.2) is 35.4 Å². The van der Waals surface area contributed by atoms with Crippen LogP contribution in [-0.2, 0) is 4.84 Å². The van der Waals surface area contributed by atoms with Crippen LogP contribution in [0.2, 0.25) is 0 Å². The number of hydrogen-bond donors (Lipinski definition) is 0. The Morgan fingerprint density at radius 2 is 1.94 bits per heavy atom. The SMILES string of the molecule is C[N+]1(OC(=O)n2ccc3ccccc32)CCCC1. The van der Waals surface area contributed by atoms with E-state index in [9.17, 15) is 4.79 Å². The summed E-state index contributed by atoms with van der Waals surface area (Å²) in [5, 5.41) is 1.05. The number of rotatable bonds is 1. The summed E-state index contributed by atoms with van der Waals surface area (Å²) in [6, 6.07) is 9.75. The second-order valence-electron chi connectivity index (χ2n) is 5.05. The molecule has 1 aromatic carbocycles. The molecule has 18 heavy (non-hydrogen) atoms. The number of likely N-dealkylation sites (tertiary alicyclic amines) is 1. The average molecular weight is 245 g/mol. The molecule has 2 heterocycles. The molecule has 0 atom stereocenters. The molecule has 1 aliphatic rings. The molecular formula is C14H17N2O2+. The van der Waals surface area contributed by atoms with Gasteiger partial charge in [-0.15, -0.1) is 4.65 Å². The van der Waals surface area contributed by atoms with Crippen LogP contribution in [0.15, 0.2) is 36.5 Å². The van der Waals surface area contributed by atoms with Gasteiger partial charge < -0.3 is 0 Å². The highest BCUT2D eigenvalue weighted by molar-refractivity contribution is 5.89. The second-order valence-corrected chi connectivity index (χ2v) is 5.05. The number of carbonyl (C=O) groups is 1. The number of para-hydroxylation sites is 1. The first-order valence-corrected chi connectivity index (χ1v) is 6.33. The third-order valence-electron chi connectivity index (χ3n) is 3.61. The van der Waals surface area contributed by atoms with Crippen molar-refractivity contribution in [2.24, 2.45) is 0 Å². The zero-order valence-electron chi connectivity index (χ0n) is 10.5. The van der Waals surface area contributed by atoms with E-state index in [0.29, 0.717) is 4.65 Å². The molecule has 94 valence electrons. The lowest BCUT2D eigenvalue weighted by Crippen LogP contribution is -2.43. The molecule has 0 radical (unpaired) electrons. The Morgan fingerprint density at radius 3 is 2.72 bits per heavy atom. The topological polar surface area (TPSA) is 31.2 Å². The second kappa shape index (κ2) is 4.14. The van der Waals surface area contributed by atoms with Gasteiger partial charge in [-0.1, -0.05) is 18.2 Å². The van der Waals surface area contributed by atoms with Gasteiger partial charge >= 0.3 is 6.09 Å². The Labute approximate surface area is 106 Å². The minimum absolute atomic E-state index is 0.291. The van der Waals surface area contributed by atoms with E-state index in [4.69, 9.17) is 4.84 Å². The molecule has 1 aromatic heterocycles. The Kier molecular flexibility index (Phi) is 2.59. The molecule has 0 N–H and O–H groups in total. The number of quaternary nitrogens is 1. The fourth-order valence-corrected chi connectivity index (χ4v) is 2.57. The zero-order valence-corrected chi connectivity index (χ0v) is 10.5. The fourth-order valence-electron chi connectivity index (χ4n) is 2.57. The van der Waals surface area contributed by atoms with Gasteiger partial charge in [0.15, 0.2) is 0 Å². The molecule has 1 fully saturated rings. The lowest BCUT2D eigenvalue weighted by atomic mass is 10.2. The molecule has 0 aliphatic carbocycles. The first kappa shape index (κ1) is 11.3. The smallest absolute Gasteiger partial charge is 0.251 e. The van der Waals surface area contributed by atoms with Crippen LogP contribution in [0.5, 0.6) is 0 Å². The van der Waals surface area contributed by atoms with E-state index < -0.39 is 0 Å². The van der Waals surface area contributed by atoms with Crippen LogP contribution in [0.3, 0.4) is 0 Å². The summed E-state index contributed by atoms with van der Waals surface area (Å²) in [6.07, 6.45) is 3.72. The van der Waals surface area contributed by atoms with Crippen LogP contribution in [0.1, 0.15) is 12.8 Å². The predicted molar refractivity (Wildman–Crippen MR) is 69.0 cm³/mol. The van der Waals surface area contributed by atoms with Crippen molar-refractivity contribution in [1.82, 2.24) is 4.57 Å². The molecule has 1 saturated heterocycles. The number of aromatic nitrogens is 1. The van der Waals surface area contributed by atoms with E-state index in [1.807, 2.05) is 37.4 Å². The summed E-state index contributed by atoms with van der Waals surface area (Å²) >= 11 is 0. The fraction of sp³-hybridized carbons (Fsp3) is 0.357. The molecule has 2 aromatic rings. The van der Waals surface area contributed by atoms with Gasteiger partial charge in [-0.05, 0) is 12.1 Å². The number of fused-ring (bicyclic) bond motifs is 1. The lowest BCUT2D eigenvalue weighted by molar-refractivity contribution is -1.06. The minimum atomic E-state index is -0.291. The van der Waals surface area contributed by atoms with Crippen molar-refractivity contribution in [2.45, 2.75) is 12.8 Å². The van der Waals surface area contributed by atoms with E-state index >= 15 is 0 Å². The van der Waals surface area contributed by atoms with Gasteiger partial charge in [0, 0.05) is 24.4 Å². The largest absolute Gasteiger partial charge is 0.472 e. The molecule has 0 bridgehead atoms. The summed E-state index contributed by atoms with van der Waals surface area (Å²) in [7, 11) is 1.97. The maximum absolute atomic E-state index is 12.2. The summed E-state index contributed by atoms with van der Waals surface area (Å²) in [4.78, 5) is 17.8. The van der Waals surface area contributed by atoms with E-state index in [1.54, 1.807) is 10.8 Å². The third-order valence-corrected chi connectivity index (χ3v) is 3.61. The highest BCUT2D eigenvalue weighted by Gasteiger charge is 2.33. The van der Waals surface area contributed by atoms with E-state index in [-0.39, 0.29) is 6.09 Å². The quantitative estimate of drug-likeness (QED) is 0.723. The normalized spacial score (nSPS) is 18.1. The van der Waals surface area contributed by atoms with Crippen molar-refractivity contribution >= 4 is 17.0 Å². The van der Waals surface area contributed by atoms with Gasteiger partial charge in [0.05, 0.1) is 5.52 Å². The standard InChI is InChI=1S/C14H17N2O2/c1-16(10-4-5-11-16)18-14(17)15-9-8-12-6-2-3-7-13(12)15/h2-3,6-9H,4-5,10-11H2,1H3/q+1. The summed E-state index contributed by atoms with van der Waals surface area (Å²) in [5.41, 5.74) is 0.897. The van der Waals surface area contributed by atoms with Crippen LogP contribution in [0.4, 0.5) is 4.79 Å². The van der Waals surface area contributed by atoms with Gasteiger partial charge in [-0.3, -0.25) is 4.84 Å². The van der Waals surface area contributed by atoms with Gasteiger partial charge in [-0.2, -0.15) is 0 Å². The molecule has 3 rings (SSSR count). The molecule has 1 aliphatic heterocycles.